The Balaban J connectivity index is 1.79. The van der Waals surface area contributed by atoms with Gasteiger partial charge in [0.15, 0.2) is 11.5 Å². The number of nitrogens with zero attached hydrogens (tertiary/aromatic N) is 3. The van der Waals surface area contributed by atoms with E-state index >= 15 is 0 Å². The zero-order valence-electron chi connectivity index (χ0n) is 17.9. The van der Waals surface area contributed by atoms with Gasteiger partial charge in [0.25, 0.3) is 0 Å². The summed E-state index contributed by atoms with van der Waals surface area (Å²) in [4.78, 5) is 18.2. The molecular formula is C24H25N3O3. The van der Waals surface area contributed by atoms with Gasteiger partial charge in [-0.2, -0.15) is 0 Å². The molecule has 1 aromatic heterocycles. The standard InChI is InChI=1S/C24H25N3O3/c1-13-6-14(2)23(15(3)7-13)25-22-11-19-18-10-21-20(29-12-30-21)9-17(18)8-16(4)27(19)24(28)26(22)5/h6-7,9-11,16H,8,12H2,1-5H3. The van der Waals surface area contributed by atoms with Gasteiger partial charge in [0.1, 0.15) is 5.49 Å². The third kappa shape index (κ3) is 2.78. The van der Waals surface area contributed by atoms with Crippen LogP contribution in [-0.2, 0) is 13.5 Å². The van der Waals surface area contributed by atoms with Gasteiger partial charge in [-0.1, -0.05) is 17.7 Å². The van der Waals surface area contributed by atoms with E-state index in [1.165, 1.54) is 5.56 Å². The summed E-state index contributed by atoms with van der Waals surface area (Å²) in [5.74, 6) is 1.49. The number of fused-ring (bicyclic) bond motifs is 4. The van der Waals surface area contributed by atoms with Gasteiger partial charge in [-0.3, -0.25) is 9.13 Å². The number of rotatable bonds is 1. The van der Waals surface area contributed by atoms with Gasteiger partial charge in [0.2, 0.25) is 6.79 Å². The van der Waals surface area contributed by atoms with Crippen molar-refractivity contribution in [3.8, 4) is 22.8 Å². The van der Waals surface area contributed by atoms with Gasteiger partial charge in [-0.25, -0.2) is 9.79 Å². The fraction of sp³-hybridized carbons (Fsp3) is 0.333. The van der Waals surface area contributed by atoms with Gasteiger partial charge in [-0.05, 0) is 62.9 Å². The number of hydrogen-bond donors (Lipinski definition) is 0. The second-order valence-electron chi connectivity index (χ2n) is 8.37. The Labute approximate surface area is 175 Å². The van der Waals surface area contributed by atoms with Crippen LogP contribution in [-0.4, -0.2) is 15.9 Å². The van der Waals surface area contributed by atoms with Crippen molar-refractivity contribution in [1.82, 2.24) is 9.13 Å². The van der Waals surface area contributed by atoms with E-state index < -0.39 is 0 Å². The van der Waals surface area contributed by atoms with Gasteiger partial charge >= 0.3 is 5.69 Å². The van der Waals surface area contributed by atoms with Crippen molar-refractivity contribution in [1.29, 1.82) is 0 Å². The summed E-state index contributed by atoms with van der Waals surface area (Å²) in [5.41, 5.74) is 7.92. The Morgan fingerprint density at radius 3 is 2.37 bits per heavy atom. The molecule has 0 radical (unpaired) electrons. The smallest absolute Gasteiger partial charge is 0.330 e. The lowest BCUT2D eigenvalue weighted by molar-refractivity contribution is 0.174. The van der Waals surface area contributed by atoms with E-state index in [1.807, 2.05) is 22.8 Å². The maximum Gasteiger partial charge on any atom is 0.330 e. The zero-order valence-corrected chi connectivity index (χ0v) is 17.9. The monoisotopic (exact) mass is 403 g/mol. The van der Waals surface area contributed by atoms with Crippen molar-refractivity contribution in [3.63, 3.8) is 0 Å². The highest BCUT2D eigenvalue weighted by Crippen LogP contribution is 2.42. The van der Waals surface area contributed by atoms with Crippen LogP contribution in [0.1, 0.15) is 35.2 Å². The molecule has 154 valence electrons. The minimum absolute atomic E-state index is 0.0449. The largest absolute Gasteiger partial charge is 0.454 e. The molecule has 0 fully saturated rings. The average molecular weight is 403 g/mol. The quantitative estimate of drug-likeness (QED) is 0.620. The Kier molecular flexibility index (Phi) is 4.13. The van der Waals surface area contributed by atoms with Crippen molar-refractivity contribution in [2.45, 2.75) is 40.2 Å². The van der Waals surface area contributed by atoms with E-state index in [9.17, 15) is 4.79 Å². The van der Waals surface area contributed by atoms with Crippen molar-refractivity contribution in [2.75, 3.05) is 6.79 Å². The maximum atomic E-state index is 13.3. The summed E-state index contributed by atoms with van der Waals surface area (Å²) in [6, 6.07) is 10.3. The predicted octanol–water partition coefficient (Wildman–Crippen LogP) is 3.86. The van der Waals surface area contributed by atoms with E-state index in [2.05, 4.69) is 39.8 Å². The van der Waals surface area contributed by atoms with Gasteiger partial charge < -0.3 is 9.47 Å². The molecule has 1 atom stereocenters. The molecule has 30 heavy (non-hydrogen) atoms. The highest BCUT2D eigenvalue weighted by Gasteiger charge is 2.27. The van der Waals surface area contributed by atoms with Gasteiger partial charge in [-0.15, -0.1) is 0 Å². The summed E-state index contributed by atoms with van der Waals surface area (Å²) < 4.78 is 14.6. The molecule has 6 heteroatoms. The van der Waals surface area contributed by atoms with Crippen LogP contribution in [0.5, 0.6) is 11.5 Å². The molecule has 6 nitrogen and oxygen atoms in total. The third-order valence-corrected chi connectivity index (χ3v) is 6.05. The van der Waals surface area contributed by atoms with Crippen LogP contribution >= 0.6 is 0 Å². The molecule has 1 unspecified atom stereocenters. The Hall–Kier alpha value is -3.28. The van der Waals surface area contributed by atoms with Crippen molar-refractivity contribution < 1.29 is 9.47 Å². The first kappa shape index (κ1) is 18.7. The molecule has 0 amide bonds. The van der Waals surface area contributed by atoms with Crippen LogP contribution in [0.2, 0.25) is 0 Å². The van der Waals surface area contributed by atoms with Crippen LogP contribution in [0.3, 0.4) is 0 Å². The maximum absolute atomic E-state index is 13.3. The number of aryl methyl sites for hydroxylation is 3. The van der Waals surface area contributed by atoms with Gasteiger partial charge in [0.05, 0.1) is 11.4 Å². The van der Waals surface area contributed by atoms with Crippen LogP contribution in [0, 0.1) is 20.8 Å². The number of ether oxygens (including phenoxy) is 2. The molecule has 0 saturated heterocycles. The van der Waals surface area contributed by atoms with E-state index in [4.69, 9.17) is 14.5 Å². The molecule has 0 saturated carbocycles. The summed E-state index contributed by atoms with van der Waals surface area (Å²) in [5, 5.41) is 0. The molecule has 2 aliphatic heterocycles. The summed E-state index contributed by atoms with van der Waals surface area (Å²) in [7, 11) is 1.79. The molecule has 2 aliphatic rings. The molecule has 0 bridgehead atoms. The number of hydrogen-bond acceptors (Lipinski definition) is 4. The minimum Gasteiger partial charge on any atom is -0.454 e. The Morgan fingerprint density at radius 2 is 1.67 bits per heavy atom. The molecule has 3 aromatic rings. The first-order valence-corrected chi connectivity index (χ1v) is 10.2. The lowest BCUT2D eigenvalue weighted by Crippen LogP contribution is -2.41. The first-order chi connectivity index (χ1) is 14.3. The fourth-order valence-electron chi connectivity index (χ4n) is 4.66. The van der Waals surface area contributed by atoms with E-state index in [0.29, 0.717) is 5.49 Å². The lowest BCUT2D eigenvalue weighted by atomic mass is 9.93. The minimum atomic E-state index is -0.0653. The predicted molar refractivity (Wildman–Crippen MR) is 116 cm³/mol. The zero-order chi connectivity index (χ0) is 21.2. The molecule has 0 aliphatic carbocycles. The van der Waals surface area contributed by atoms with Crippen LogP contribution in [0.15, 0.2) is 40.1 Å². The second kappa shape index (κ2) is 6.62. The van der Waals surface area contributed by atoms with Crippen LogP contribution in [0.25, 0.3) is 11.3 Å². The van der Waals surface area contributed by atoms with E-state index in [0.717, 1.165) is 51.6 Å². The lowest BCUT2D eigenvalue weighted by Gasteiger charge is -2.28. The summed E-state index contributed by atoms with van der Waals surface area (Å²) in [6.45, 7) is 8.50. The van der Waals surface area contributed by atoms with Crippen LogP contribution in [0.4, 0.5) is 5.69 Å². The van der Waals surface area contributed by atoms with E-state index in [-0.39, 0.29) is 18.5 Å². The Bertz CT molecular complexity index is 1310. The first-order valence-electron chi connectivity index (χ1n) is 10.2. The average Bonchev–Trinajstić information content (AvgIpc) is 3.13. The Morgan fingerprint density at radius 1 is 1.00 bits per heavy atom. The van der Waals surface area contributed by atoms with Crippen molar-refractivity contribution in [2.24, 2.45) is 12.0 Å². The van der Waals surface area contributed by atoms with Gasteiger partial charge in [0, 0.05) is 24.7 Å². The highest BCUT2D eigenvalue weighted by atomic mass is 16.7. The molecule has 0 N–H and O–H groups in total. The summed E-state index contributed by atoms with van der Waals surface area (Å²) in [6.07, 6.45) is 0.769. The van der Waals surface area contributed by atoms with E-state index in [1.54, 1.807) is 11.6 Å². The number of benzene rings is 2. The molecule has 3 heterocycles. The second-order valence-corrected chi connectivity index (χ2v) is 8.37. The normalized spacial score (nSPS) is 17.1. The third-order valence-electron chi connectivity index (χ3n) is 6.05. The summed E-state index contributed by atoms with van der Waals surface area (Å²) >= 11 is 0. The number of aromatic nitrogens is 2. The van der Waals surface area contributed by atoms with Crippen LogP contribution < -0.4 is 20.7 Å². The SMILES string of the molecule is Cc1cc(C)c(N=c2cc3n(c(=O)n2C)C(C)Cc2cc4c(cc2-3)OCO4)c(C)c1. The molecule has 0 spiro atoms. The topological polar surface area (TPSA) is 57.8 Å². The fourth-order valence-corrected chi connectivity index (χ4v) is 4.66. The highest BCUT2D eigenvalue weighted by molar-refractivity contribution is 5.70. The molecule has 2 aromatic carbocycles. The molecular weight excluding hydrogens is 378 g/mol. The molecule has 5 rings (SSSR count). The van der Waals surface area contributed by atoms with Crippen molar-refractivity contribution >= 4 is 5.69 Å². The van der Waals surface area contributed by atoms with Crippen molar-refractivity contribution in [3.05, 3.63) is 68.6 Å².